The van der Waals surface area contributed by atoms with Crippen molar-refractivity contribution >= 4 is 23.5 Å². The number of carbonyl (C=O) groups excluding carboxylic acids is 1. The summed E-state index contributed by atoms with van der Waals surface area (Å²) in [5.41, 5.74) is 5.52. The van der Waals surface area contributed by atoms with Crippen LogP contribution in [0.5, 0.6) is 5.75 Å². The van der Waals surface area contributed by atoms with Gasteiger partial charge in [0.15, 0.2) is 0 Å². The second kappa shape index (κ2) is 9.45. The lowest BCUT2D eigenvalue weighted by Crippen LogP contribution is -2.42. The Kier molecular flexibility index (Phi) is 6.73. The highest BCUT2D eigenvalue weighted by Crippen LogP contribution is 2.18. The third kappa shape index (κ3) is 4.62. The van der Waals surface area contributed by atoms with Crippen molar-refractivity contribution < 1.29 is 14.3 Å². The molecule has 2 aromatic rings. The van der Waals surface area contributed by atoms with Gasteiger partial charge < -0.3 is 20.5 Å². The Morgan fingerprint density at radius 2 is 1.93 bits per heavy atom. The van der Waals surface area contributed by atoms with Gasteiger partial charge in [0.25, 0.3) is 5.56 Å². The predicted molar refractivity (Wildman–Crippen MR) is 115 cm³/mol. The first-order valence-electron chi connectivity index (χ1n) is 9.91. The zero-order valence-corrected chi connectivity index (χ0v) is 17.1. The van der Waals surface area contributed by atoms with Crippen LogP contribution in [0.25, 0.3) is 6.08 Å². The number of nitrogen functional groups attached to an aromatic ring is 1. The lowest BCUT2D eigenvalue weighted by molar-refractivity contribution is -0.111. The van der Waals surface area contributed by atoms with Gasteiger partial charge in [0, 0.05) is 25.6 Å². The molecule has 0 bridgehead atoms. The number of aromatic nitrogens is 2. The summed E-state index contributed by atoms with van der Waals surface area (Å²) < 4.78 is 13.4. The largest absolute Gasteiger partial charge is 0.488 e. The third-order valence-electron chi connectivity index (χ3n) is 4.85. The lowest BCUT2D eigenvalue weighted by Gasteiger charge is -2.14. The number of ether oxygens (including phenoxy) is 2. The average Bonchev–Trinajstić information content (AvgIpc) is 3.24. The average molecular weight is 414 g/mol. The van der Waals surface area contributed by atoms with E-state index in [2.05, 4.69) is 5.32 Å². The van der Waals surface area contributed by atoms with Crippen LogP contribution >= 0.6 is 0 Å². The Labute approximate surface area is 173 Å². The van der Waals surface area contributed by atoms with Crippen molar-refractivity contribution in [2.75, 3.05) is 24.3 Å². The highest BCUT2D eigenvalue weighted by Gasteiger charge is 2.18. The van der Waals surface area contributed by atoms with Gasteiger partial charge in [0.1, 0.15) is 23.4 Å². The molecule has 30 heavy (non-hydrogen) atoms. The summed E-state index contributed by atoms with van der Waals surface area (Å²) in [4.78, 5) is 37.1. The summed E-state index contributed by atoms with van der Waals surface area (Å²) in [6, 6.07) is 7.30. The Bertz CT molecular complexity index is 1050. The van der Waals surface area contributed by atoms with Crippen LogP contribution in [0.15, 0.2) is 39.9 Å². The van der Waals surface area contributed by atoms with Gasteiger partial charge in [0.05, 0.1) is 13.2 Å². The van der Waals surface area contributed by atoms with Crippen LogP contribution in [0.4, 0.5) is 11.5 Å². The highest BCUT2D eigenvalue weighted by atomic mass is 16.5. The molecule has 160 valence electrons. The Hall–Kier alpha value is -3.33. The molecular formula is C21H26N4O5. The van der Waals surface area contributed by atoms with Crippen LogP contribution in [0.2, 0.25) is 0 Å². The minimum Gasteiger partial charge on any atom is -0.488 e. The quantitative estimate of drug-likeness (QED) is 0.662. The Morgan fingerprint density at radius 3 is 2.53 bits per heavy atom. The summed E-state index contributed by atoms with van der Waals surface area (Å²) in [6.07, 6.45) is 3.86. The van der Waals surface area contributed by atoms with Crippen molar-refractivity contribution in [1.29, 1.82) is 0 Å². The standard InChI is InChI=1S/C21H26N4O5/c1-3-24-19(22)18(20(27)25(4-2)21(24)28)23-17(26)10-7-14-5-8-15(9-6-14)30-16-11-12-29-13-16/h5-10,16H,3-4,11-13,22H2,1-2H3,(H,23,26)/b10-7+. The molecule has 1 atom stereocenters. The zero-order valence-electron chi connectivity index (χ0n) is 17.1. The van der Waals surface area contributed by atoms with E-state index in [1.807, 2.05) is 24.3 Å². The normalized spacial score (nSPS) is 16.1. The highest BCUT2D eigenvalue weighted by molar-refractivity contribution is 6.03. The molecule has 1 aromatic carbocycles. The lowest BCUT2D eigenvalue weighted by atomic mass is 10.2. The van der Waals surface area contributed by atoms with Crippen molar-refractivity contribution in [3.8, 4) is 5.75 Å². The summed E-state index contributed by atoms with van der Waals surface area (Å²) in [6.45, 7) is 5.18. The fourth-order valence-electron chi connectivity index (χ4n) is 3.21. The number of hydrogen-bond acceptors (Lipinski definition) is 6. The van der Waals surface area contributed by atoms with Crippen molar-refractivity contribution in [2.24, 2.45) is 0 Å². The fourth-order valence-corrected chi connectivity index (χ4v) is 3.21. The van der Waals surface area contributed by atoms with Gasteiger partial charge in [0.2, 0.25) is 5.91 Å². The maximum absolute atomic E-state index is 12.5. The first-order valence-corrected chi connectivity index (χ1v) is 9.91. The summed E-state index contributed by atoms with van der Waals surface area (Å²) in [5.74, 6) is 0.157. The van der Waals surface area contributed by atoms with Gasteiger partial charge >= 0.3 is 5.69 Å². The van der Waals surface area contributed by atoms with Gasteiger partial charge in [-0.1, -0.05) is 12.1 Å². The van der Waals surface area contributed by atoms with E-state index in [0.717, 1.165) is 22.3 Å². The molecule has 1 aromatic heterocycles. The number of carbonyl (C=O) groups is 1. The van der Waals surface area contributed by atoms with E-state index in [1.165, 1.54) is 10.6 Å². The SMILES string of the molecule is CCn1c(N)c(NC(=O)/C=C/c2ccc(OC3CCOC3)cc2)c(=O)n(CC)c1=O. The van der Waals surface area contributed by atoms with Gasteiger partial charge in [-0.15, -0.1) is 0 Å². The Balaban J connectivity index is 1.71. The first kappa shape index (κ1) is 21.4. The van der Waals surface area contributed by atoms with Gasteiger partial charge in [-0.2, -0.15) is 0 Å². The van der Waals surface area contributed by atoms with Crippen LogP contribution < -0.4 is 27.0 Å². The smallest absolute Gasteiger partial charge is 0.332 e. The van der Waals surface area contributed by atoms with E-state index in [0.29, 0.717) is 13.2 Å². The first-order chi connectivity index (χ1) is 14.4. The molecule has 1 aliphatic rings. The zero-order chi connectivity index (χ0) is 21.7. The van der Waals surface area contributed by atoms with Gasteiger partial charge in [-0.3, -0.25) is 18.7 Å². The number of anilines is 2. The molecule has 1 unspecified atom stereocenters. The molecule has 1 amide bonds. The van der Waals surface area contributed by atoms with Crippen molar-refractivity contribution in [1.82, 2.24) is 9.13 Å². The van der Waals surface area contributed by atoms with E-state index >= 15 is 0 Å². The summed E-state index contributed by atoms with van der Waals surface area (Å²) >= 11 is 0. The maximum atomic E-state index is 12.5. The fraction of sp³-hybridized carbons (Fsp3) is 0.381. The molecule has 0 saturated carbocycles. The molecule has 2 heterocycles. The van der Waals surface area contributed by atoms with Gasteiger partial charge in [-0.05, 0) is 37.6 Å². The number of nitrogens with zero attached hydrogens (tertiary/aromatic N) is 2. The Morgan fingerprint density at radius 1 is 1.23 bits per heavy atom. The van der Waals surface area contributed by atoms with E-state index in [4.69, 9.17) is 15.2 Å². The minimum absolute atomic E-state index is 0.0589. The molecular weight excluding hydrogens is 388 g/mol. The summed E-state index contributed by atoms with van der Waals surface area (Å²) in [5, 5.41) is 2.50. The van der Waals surface area contributed by atoms with Crippen LogP contribution in [0, 0.1) is 0 Å². The third-order valence-corrected chi connectivity index (χ3v) is 4.85. The topological polar surface area (TPSA) is 118 Å². The van der Waals surface area contributed by atoms with E-state index in [1.54, 1.807) is 19.9 Å². The van der Waals surface area contributed by atoms with Crippen LogP contribution in [-0.2, 0) is 22.6 Å². The predicted octanol–water partition coefficient (Wildman–Crippen LogP) is 1.45. The number of nitrogens with two attached hydrogens (primary N) is 1. The van der Waals surface area contributed by atoms with Crippen LogP contribution in [0.3, 0.4) is 0 Å². The maximum Gasteiger partial charge on any atom is 0.332 e. The molecule has 9 heteroatoms. The number of rotatable bonds is 7. The number of hydrogen-bond donors (Lipinski definition) is 2. The molecule has 0 radical (unpaired) electrons. The summed E-state index contributed by atoms with van der Waals surface area (Å²) in [7, 11) is 0. The van der Waals surface area contributed by atoms with Crippen molar-refractivity contribution in [3.05, 3.63) is 56.7 Å². The van der Waals surface area contributed by atoms with E-state index in [9.17, 15) is 14.4 Å². The molecule has 1 aliphatic heterocycles. The second-order valence-corrected chi connectivity index (χ2v) is 6.83. The minimum atomic E-state index is -0.621. The molecule has 1 saturated heterocycles. The molecule has 3 N–H and O–H groups in total. The monoisotopic (exact) mass is 414 g/mol. The number of amides is 1. The molecule has 0 aliphatic carbocycles. The molecule has 1 fully saturated rings. The van der Waals surface area contributed by atoms with Crippen LogP contribution in [-0.4, -0.2) is 34.4 Å². The molecule has 3 rings (SSSR count). The van der Waals surface area contributed by atoms with E-state index < -0.39 is 17.2 Å². The van der Waals surface area contributed by atoms with Crippen molar-refractivity contribution in [3.63, 3.8) is 0 Å². The number of benzene rings is 1. The van der Waals surface area contributed by atoms with Gasteiger partial charge in [-0.25, -0.2) is 4.79 Å². The number of nitrogens with one attached hydrogen (secondary N) is 1. The molecule has 0 spiro atoms. The second-order valence-electron chi connectivity index (χ2n) is 6.83. The van der Waals surface area contributed by atoms with E-state index in [-0.39, 0.29) is 30.7 Å². The van der Waals surface area contributed by atoms with Crippen LogP contribution in [0.1, 0.15) is 25.8 Å². The van der Waals surface area contributed by atoms with Crippen molar-refractivity contribution in [2.45, 2.75) is 39.5 Å². The molecule has 9 nitrogen and oxygen atoms in total.